The largest absolute Gasteiger partial charge is 0.487 e. The number of aliphatic imine (C=N–C) groups is 1. The molecule has 33 heavy (non-hydrogen) atoms. The first-order valence-electron chi connectivity index (χ1n) is 10.9. The Hall–Kier alpha value is -2.85. The quantitative estimate of drug-likeness (QED) is 0.656. The highest BCUT2D eigenvalue weighted by Gasteiger charge is 2.47. The second kappa shape index (κ2) is 7.88. The molecule has 2 saturated heterocycles. The second-order valence-electron chi connectivity index (χ2n) is 8.72. The Balaban J connectivity index is 1.36. The Bertz CT molecular complexity index is 1130. The van der Waals surface area contributed by atoms with Crippen molar-refractivity contribution in [3.63, 3.8) is 0 Å². The number of amidine groups is 1. The molecule has 6 aliphatic rings. The normalized spacial score (nSPS) is 30.0. The molecular weight excluding hydrogens is 456 g/mol. The molecule has 2 fully saturated rings. The van der Waals surface area contributed by atoms with Crippen molar-refractivity contribution >= 4 is 23.3 Å². The molecule has 1 atom stereocenters. The first-order chi connectivity index (χ1) is 16.1. The van der Waals surface area contributed by atoms with Crippen molar-refractivity contribution in [2.24, 2.45) is 10.1 Å². The molecule has 6 rings (SSSR count). The molecule has 174 valence electrons. The van der Waals surface area contributed by atoms with Crippen LogP contribution in [0.15, 0.2) is 67.9 Å². The summed E-state index contributed by atoms with van der Waals surface area (Å²) in [6, 6.07) is 0.143. The van der Waals surface area contributed by atoms with Crippen LogP contribution in [-0.2, 0) is 14.3 Å². The number of allylic oxidation sites excluding steroid dienone is 4. The lowest BCUT2D eigenvalue weighted by molar-refractivity contribution is 0.0971. The molecule has 0 aromatic rings. The summed E-state index contributed by atoms with van der Waals surface area (Å²) in [7, 11) is 0. The Morgan fingerprint density at radius 2 is 2.27 bits per heavy atom. The summed E-state index contributed by atoms with van der Waals surface area (Å²) >= 11 is 6.39. The van der Waals surface area contributed by atoms with Gasteiger partial charge in [-0.25, -0.2) is 14.2 Å². The van der Waals surface area contributed by atoms with Gasteiger partial charge in [0.15, 0.2) is 23.9 Å². The summed E-state index contributed by atoms with van der Waals surface area (Å²) in [5.74, 6) is -0.357. The number of nitrogens with one attached hydrogen (secondary N) is 1. The highest BCUT2D eigenvalue weighted by molar-refractivity contribution is 6.46. The van der Waals surface area contributed by atoms with E-state index in [1.807, 2.05) is 6.08 Å². The van der Waals surface area contributed by atoms with Crippen LogP contribution in [0.4, 0.5) is 8.78 Å². The lowest BCUT2D eigenvalue weighted by Crippen LogP contribution is -2.48. The fourth-order valence-corrected chi connectivity index (χ4v) is 5.49. The van der Waals surface area contributed by atoms with E-state index in [1.165, 1.54) is 0 Å². The maximum atomic E-state index is 15.6. The van der Waals surface area contributed by atoms with Crippen LogP contribution in [0, 0.1) is 0 Å². The fraction of sp³-hybridized carbons (Fsp3) is 0.455. The third-order valence-corrected chi connectivity index (χ3v) is 7.10. The Morgan fingerprint density at radius 3 is 3.15 bits per heavy atom. The number of ether oxygens (including phenoxy) is 2. The topological polar surface area (TPSA) is 70.9 Å². The standard InChI is InChI=1S/C22H22ClF2N5O3/c23-15-16(25)18-19-14(20-17(15)28-33-8-7-31-20)3-1-6-30(19)27-21(26-18)32-12-22-4-2-5-29(22)11-13(9-22)10-24/h1,6,10H,2-5,7-9,11-12H2,(H,26,27)/b13-10-/t22-/m0/s1. The number of halogens is 3. The lowest BCUT2D eigenvalue weighted by Gasteiger charge is -2.36. The van der Waals surface area contributed by atoms with Crippen molar-refractivity contribution < 1.29 is 23.1 Å². The van der Waals surface area contributed by atoms with Gasteiger partial charge in [-0.1, -0.05) is 22.8 Å². The van der Waals surface area contributed by atoms with Crippen LogP contribution in [-0.4, -0.2) is 60.1 Å². The van der Waals surface area contributed by atoms with Gasteiger partial charge in [-0.05, 0) is 37.8 Å². The number of hydrazine groups is 1. The fourth-order valence-electron chi connectivity index (χ4n) is 5.28. The molecule has 0 saturated carbocycles. The van der Waals surface area contributed by atoms with Crippen molar-refractivity contribution in [2.75, 3.05) is 32.9 Å². The van der Waals surface area contributed by atoms with Crippen molar-refractivity contribution in [1.29, 1.82) is 0 Å². The first-order valence-corrected chi connectivity index (χ1v) is 11.3. The van der Waals surface area contributed by atoms with Crippen molar-refractivity contribution in [3.8, 4) is 0 Å². The van der Waals surface area contributed by atoms with Gasteiger partial charge in [-0.2, -0.15) is 4.99 Å². The maximum absolute atomic E-state index is 15.6. The molecule has 11 heteroatoms. The van der Waals surface area contributed by atoms with Crippen LogP contribution in [0.25, 0.3) is 0 Å². The average Bonchev–Trinajstić information content (AvgIpc) is 3.25. The second-order valence-corrected chi connectivity index (χ2v) is 9.10. The number of hydrogen-bond acceptors (Lipinski definition) is 8. The van der Waals surface area contributed by atoms with Gasteiger partial charge in [-0.15, -0.1) is 0 Å². The van der Waals surface area contributed by atoms with Crippen molar-refractivity contribution in [2.45, 2.75) is 31.2 Å². The average molecular weight is 478 g/mol. The number of nitrogens with zero attached hydrogens (tertiary/aromatic N) is 4. The molecule has 1 N–H and O–H groups in total. The van der Waals surface area contributed by atoms with Gasteiger partial charge in [-0.3, -0.25) is 9.91 Å². The Kier molecular flexibility index (Phi) is 4.95. The molecule has 0 bridgehead atoms. The zero-order valence-corrected chi connectivity index (χ0v) is 18.5. The predicted octanol–water partition coefficient (Wildman–Crippen LogP) is 3.49. The minimum Gasteiger partial charge on any atom is -0.487 e. The predicted molar refractivity (Wildman–Crippen MR) is 117 cm³/mol. The number of fused-ring (bicyclic) bond motifs is 2. The van der Waals surface area contributed by atoms with Crippen LogP contribution in [0.2, 0.25) is 0 Å². The van der Waals surface area contributed by atoms with Crippen molar-refractivity contribution in [1.82, 2.24) is 15.3 Å². The van der Waals surface area contributed by atoms with Crippen LogP contribution in [0.3, 0.4) is 0 Å². The van der Waals surface area contributed by atoms with Gasteiger partial charge in [0.05, 0.1) is 17.6 Å². The third kappa shape index (κ3) is 3.26. The van der Waals surface area contributed by atoms with Gasteiger partial charge < -0.3 is 14.3 Å². The third-order valence-electron chi connectivity index (χ3n) is 6.75. The minimum atomic E-state index is -0.737. The summed E-state index contributed by atoms with van der Waals surface area (Å²) < 4.78 is 40.7. The SMILES string of the molecule is F/C=C1\CN2CCC[C@@]2(COC2=NC3=C4C(=C5OCCON=C5C(Cl)=C3F)CC=CN4N2)C1. The van der Waals surface area contributed by atoms with Crippen molar-refractivity contribution in [3.05, 3.63) is 57.8 Å². The summed E-state index contributed by atoms with van der Waals surface area (Å²) in [5, 5.41) is 5.42. The van der Waals surface area contributed by atoms with Gasteiger partial charge in [0.2, 0.25) is 0 Å². The Labute approximate surface area is 194 Å². The molecule has 0 radical (unpaired) electrons. The van der Waals surface area contributed by atoms with E-state index in [-0.39, 0.29) is 41.2 Å². The molecule has 1 aliphatic carbocycles. The maximum Gasteiger partial charge on any atom is 0.309 e. The number of hydrogen-bond donors (Lipinski definition) is 1. The molecule has 5 aliphatic heterocycles. The molecule has 5 heterocycles. The summed E-state index contributed by atoms with van der Waals surface area (Å²) in [4.78, 5) is 11.9. The number of rotatable bonds is 2. The smallest absolute Gasteiger partial charge is 0.309 e. The van der Waals surface area contributed by atoms with Gasteiger partial charge in [0, 0.05) is 18.3 Å². The zero-order valence-electron chi connectivity index (χ0n) is 17.7. The minimum absolute atomic E-state index is 0.0384. The van der Waals surface area contributed by atoms with Gasteiger partial charge in [0.1, 0.15) is 23.9 Å². The number of oxime groups is 1. The molecule has 0 spiro atoms. The van der Waals surface area contributed by atoms with Crippen LogP contribution in [0.5, 0.6) is 0 Å². The van der Waals surface area contributed by atoms with Gasteiger partial charge >= 0.3 is 6.02 Å². The van der Waals surface area contributed by atoms with Crippen LogP contribution in [0.1, 0.15) is 25.7 Å². The lowest BCUT2D eigenvalue weighted by atomic mass is 9.94. The van der Waals surface area contributed by atoms with E-state index in [0.29, 0.717) is 49.4 Å². The van der Waals surface area contributed by atoms with Crippen LogP contribution >= 0.6 is 11.6 Å². The molecule has 0 amide bonds. The van der Waals surface area contributed by atoms with E-state index in [0.717, 1.165) is 25.0 Å². The van der Waals surface area contributed by atoms with E-state index in [9.17, 15) is 4.39 Å². The molecule has 0 aromatic carbocycles. The first kappa shape index (κ1) is 20.7. The van der Waals surface area contributed by atoms with E-state index < -0.39 is 5.83 Å². The Morgan fingerprint density at radius 1 is 1.36 bits per heavy atom. The summed E-state index contributed by atoms with van der Waals surface area (Å²) in [6.45, 7) is 2.33. The molecule has 0 unspecified atom stereocenters. The van der Waals surface area contributed by atoms with Gasteiger partial charge in [0.25, 0.3) is 0 Å². The zero-order chi connectivity index (χ0) is 22.6. The molecule has 8 nitrogen and oxygen atoms in total. The molecular formula is C22H22ClF2N5O3. The highest BCUT2D eigenvalue weighted by atomic mass is 35.5. The highest BCUT2D eigenvalue weighted by Crippen LogP contribution is 2.43. The summed E-state index contributed by atoms with van der Waals surface area (Å²) in [6.07, 6.45) is 7.44. The van der Waals surface area contributed by atoms with E-state index >= 15 is 4.39 Å². The summed E-state index contributed by atoms with van der Waals surface area (Å²) in [5.41, 5.74) is 4.94. The monoisotopic (exact) mass is 477 g/mol. The van der Waals surface area contributed by atoms with E-state index in [2.05, 4.69) is 20.5 Å². The van der Waals surface area contributed by atoms with Crippen LogP contribution < -0.4 is 5.43 Å². The molecule has 0 aromatic heterocycles. The van der Waals surface area contributed by atoms with E-state index in [4.69, 9.17) is 25.9 Å². The van der Waals surface area contributed by atoms with E-state index in [1.54, 1.807) is 11.2 Å².